The summed E-state index contributed by atoms with van der Waals surface area (Å²) in [5.74, 6) is -1.49. The monoisotopic (exact) mass is 581 g/mol. The fraction of sp³-hybridized carbons (Fsp3) is 0.679. The lowest BCUT2D eigenvalue weighted by Gasteiger charge is -2.44. The predicted octanol–water partition coefficient (Wildman–Crippen LogP) is 5.49. The van der Waals surface area contributed by atoms with Gasteiger partial charge in [-0.1, -0.05) is 11.6 Å². The van der Waals surface area contributed by atoms with Crippen molar-refractivity contribution in [2.75, 3.05) is 37.7 Å². The molecule has 2 bridgehead atoms. The molecule has 7 rings (SSSR count). The van der Waals surface area contributed by atoms with Crippen LogP contribution in [0.5, 0.6) is 6.01 Å². The molecule has 1 amide bonds. The molecule has 2 aromatic rings. The molecule has 2 unspecified atom stereocenters. The number of nitrogens with zero attached hydrogens (tertiary/aromatic N) is 5. The van der Waals surface area contributed by atoms with Crippen molar-refractivity contribution in [3.63, 3.8) is 0 Å². The zero-order chi connectivity index (χ0) is 28.4. The molecule has 40 heavy (non-hydrogen) atoms. The Bertz CT molecular complexity index is 1330. The van der Waals surface area contributed by atoms with Crippen LogP contribution in [0.15, 0.2) is 6.07 Å². The first-order valence-electron chi connectivity index (χ1n) is 14.1. The topological polar surface area (TPSA) is 71.0 Å². The number of aromatic nitrogens is 2. The van der Waals surface area contributed by atoms with E-state index in [1.165, 1.54) is 0 Å². The third-order valence-electron chi connectivity index (χ3n) is 8.68. The number of benzene rings is 1. The standard InChI is InChI=1S/C28H35ClF3N5O3/c1-27(2,3)40-26(38)37-14-17-6-4-7-18(37)13-36(17)24-21-22(29)19(31)10-20(32)23(21)33-25(34-24)39-15-28-8-5-9-35(28)12-16(30)11-28/h10,16-18H,4-9,11-15H2,1-3H3/t16-,17?,18?,28+/m1/s1. The number of ether oxygens (including phenoxy) is 2. The van der Waals surface area contributed by atoms with Crippen molar-refractivity contribution in [3.05, 3.63) is 22.7 Å². The number of amides is 1. The van der Waals surface area contributed by atoms with E-state index in [4.69, 9.17) is 21.1 Å². The van der Waals surface area contributed by atoms with Crippen LogP contribution in [0.1, 0.15) is 59.3 Å². The number of rotatable bonds is 4. The third-order valence-corrected chi connectivity index (χ3v) is 9.05. The second-order valence-corrected chi connectivity index (χ2v) is 13.0. The van der Waals surface area contributed by atoms with Crippen LogP contribution >= 0.6 is 11.6 Å². The van der Waals surface area contributed by atoms with Crippen LogP contribution in [0.25, 0.3) is 10.9 Å². The van der Waals surface area contributed by atoms with Gasteiger partial charge in [0, 0.05) is 38.2 Å². The van der Waals surface area contributed by atoms with E-state index in [1.54, 1.807) is 4.90 Å². The second-order valence-electron chi connectivity index (χ2n) is 12.6. The Morgan fingerprint density at radius 2 is 1.90 bits per heavy atom. The fourth-order valence-corrected chi connectivity index (χ4v) is 7.15. The highest BCUT2D eigenvalue weighted by molar-refractivity contribution is 6.36. The highest BCUT2D eigenvalue weighted by Crippen LogP contribution is 2.42. The van der Waals surface area contributed by atoms with Crippen LogP contribution < -0.4 is 9.64 Å². The van der Waals surface area contributed by atoms with Crippen molar-refractivity contribution < 1.29 is 27.4 Å². The molecule has 1 aromatic heterocycles. The maximum atomic E-state index is 15.2. The quantitative estimate of drug-likeness (QED) is 0.442. The normalized spacial score (nSPS) is 28.7. The summed E-state index contributed by atoms with van der Waals surface area (Å²) in [4.78, 5) is 27.9. The zero-order valence-corrected chi connectivity index (χ0v) is 23.8. The Morgan fingerprint density at radius 1 is 1.12 bits per heavy atom. The lowest BCUT2D eigenvalue weighted by molar-refractivity contribution is 0.0123. The van der Waals surface area contributed by atoms with Crippen LogP contribution in [0, 0.1) is 11.6 Å². The number of piperazine rings is 1. The molecule has 0 saturated carbocycles. The Balaban J connectivity index is 1.36. The maximum absolute atomic E-state index is 15.2. The Hall–Kier alpha value is -2.53. The van der Waals surface area contributed by atoms with E-state index in [9.17, 15) is 13.6 Å². The van der Waals surface area contributed by atoms with E-state index in [-0.39, 0.29) is 52.5 Å². The molecule has 1 aromatic carbocycles. The molecule has 4 atom stereocenters. The van der Waals surface area contributed by atoms with E-state index < -0.39 is 28.9 Å². The summed E-state index contributed by atoms with van der Waals surface area (Å²) < 4.78 is 55.9. The van der Waals surface area contributed by atoms with Gasteiger partial charge in [-0.15, -0.1) is 0 Å². The summed E-state index contributed by atoms with van der Waals surface area (Å²) in [6, 6.07) is 0.306. The van der Waals surface area contributed by atoms with Gasteiger partial charge in [0.05, 0.1) is 22.0 Å². The fourth-order valence-electron chi connectivity index (χ4n) is 6.92. The molecule has 12 heteroatoms. The first kappa shape index (κ1) is 27.6. The van der Waals surface area contributed by atoms with E-state index in [0.29, 0.717) is 32.1 Å². The molecule has 0 radical (unpaired) electrons. The number of hydrogen-bond donors (Lipinski definition) is 0. The van der Waals surface area contributed by atoms with E-state index in [0.717, 1.165) is 38.6 Å². The summed E-state index contributed by atoms with van der Waals surface area (Å²) in [5, 5.41) is -0.188. The average Bonchev–Trinajstić information content (AvgIpc) is 3.21. The Labute approximate surface area is 236 Å². The van der Waals surface area contributed by atoms with Gasteiger partial charge in [0.25, 0.3) is 0 Å². The van der Waals surface area contributed by atoms with Crippen molar-refractivity contribution >= 4 is 34.4 Å². The number of fused-ring (bicyclic) bond motifs is 6. The number of anilines is 1. The molecule has 5 aliphatic rings. The molecule has 0 spiro atoms. The van der Waals surface area contributed by atoms with Crippen LogP contribution in [-0.4, -0.2) is 88.0 Å². The lowest BCUT2D eigenvalue weighted by atomic mass is 9.95. The zero-order valence-electron chi connectivity index (χ0n) is 23.1. The molecular formula is C28H35ClF3N5O3. The molecule has 5 fully saturated rings. The van der Waals surface area contributed by atoms with Gasteiger partial charge in [-0.05, 0) is 59.4 Å². The maximum Gasteiger partial charge on any atom is 0.410 e. The van der Waals surface area contributed by atoms with Gasteiger partial charge in [0.1, 0.15) is 35.5 Å². The van der Waals surface area contributed by atoms with Crippen LogP contribution in [-0.2, 0) is 4.74 Å². The predicted molar refractivity (Wildman–Crippen MR) is 145 cm³/mol. The number of carbonyl (C=O) groups excluding carboxylic acids is 1. The van der Waals surface area contributed by atoms with Crippen molar-refractivity contribution in [1.29, 1.82) is 0 Å². The number of carbonyl (C=O) groups is 1. The van der Waals surface area contributed by atoms with Gasteiger partial charge < -0.3 is 19.3 Å². The third kappa shape index (κ3) is 4.93. The Kier molecular flexibility index (Phi) is 6.96. The van der Waals surface area contributed by atoms with Gasteiger partial charge in [-0.25, -0.2) is 18.0 Å². The first-order chi connectivity index (χ1) is 18.9. The molecule has 8 nitrogen and oxygen atoms in total. The highest BCUT2D eigenvalue weighted by atomic mass is 35.5. The molecule has 5 saturated heterocycles. The SMILES string of the molecule is CC(C)(C)OC(=O)N1CC2CCCC1CN2c1nc(OC[C@@]23CCCN2C[C@H](F)C3)nc2c(F)cc(F)c(Cl)c12. The molecule has 6 heterocycles. The van der Waals surface area contributed by atoms with Gasteiger partial charge in [-0.3, -0.25) is 4.90 Å². The molecular weight excluding hydrogens is 547 g/mol. The van der Waals surface area contributed by atoms with Crippen molar-refractivity contribution in [2.45, 2.75) is 88.7 Å². The van der Waals surface area contributed by atoms with Gasteiger partial charge >= 0.3 is 12.1 Å². The van der Waals surface area contributed by atoms with Crippen LogP contribution in [0.3, 0.4) is 0 Å². The largest absolute Gasteiger partial charge is 0.461 e. The van der Waals surface area contributed by atoms with Crippen molar-refractivity contribution in [2.24, 2.45) is 0 Å². The van der Waals surface area contributed by atoms with E-state index in [1.807, 2.05) is 25.7 Å². The van der Waals surface area contributed by atoms with E-state index >= 15 is 4.39 Å². The summed E-state index contributed by atoms with van der Waals surface area (Å²) in [7, 11) is 0. The van der Waals surface area contributed by atoms with Gasteiger partial charge in [-0.2, -0.15) is 9.97 Å². The molecule has 0 aliphatic carbocycles. The highest BCUT2D eigenvalue weighted by Gasteiger charge is 2.49. The average molecular weight is 582 g/mol. The summed E-state index contributed by atoms with van der Waals surface area (Å²) in [6.07, 6.45) is 3.21. The minimum Gasteiger partial charge on any atom is -0.461 e. The summed E-state index contributed by atoms with van der Waals surface area (Å²) in [6.45, 7) is 7.62. The molecule has 0 N–H and O–H groups in total. The smallest absolute Gasteiger partial charge is 0.410 e. The summed E-state index contributed by atoms with van der Waals surface area (Å²) in [5.41, 5.74) is -1.20. The second kappa shape index (κ2) is 10.1. The number of halogens is 4. The van der Waals surface area contributed by atoms with Crippen LogP contribution in [0.4, 0.5) is 23.8 Å². The van der Waals surface area contributed by atoms with Crippen molar-refractivity contribution in [1.82, 2.24) is 19.8 Å². The molecule has 218 valence electrons. The van der Waals surface area contributed by atoms with Gasteiger partial charge in [0.15, 0.2) is 5.82 Å². The molecule has 5 aliphatic heterocycles. The minimum atomic E-state index is -0.920. The van der Waals surface area contributed by atoms with E-state index in [2.05, 4.69) is 14.9 Å². The van der Waals surface area contributed by atoms with Crippen molar-refractivity contribution in [3.8, 4) is 6.01 Å². The number of alkyl halides is 1. The van der Waals surface area contributed by atoms with Crippen LogP contribution in [0.2, 0.25) is 5.02 Å². The number of hydrogen-bond acceptors (Lipinski definition) is 7. The lowest BCUT2D eigenvalue weighted by Crippen LogP contribution is -2.59. The first-order valence-corrected chi connectivity index (χ1v) is 14.5. The Morgan fingerprint density at radius 3 is 2.67 bits per heavy atom. The van der Waals surface area contributed by atoms with Gasteiger partial charge in [0.2, 0.25) is 0 Å². The summed E-state index contributed by atoms with van der Waals surface area (Å²) >= 11 is 6.42. The minimum absolute atomic E-state index is 0.0586.